The fourth-order valence-corrected chi connectivity index (χ4v) is 4.82. The van der Waals surface area contributed by atoms with Crippen LogP contribution in [-0.4, -0.2) is 115 Å². The minimum atomic E-state index is -1.55. The number of rotatable bonds is 19. The Morgan fingerprint density at radius 1 is 1.05 bits per heavy atom. The molecule has 1 aromatic heterocycles. The summed E-state index contributed by atoms with van der Waals surface area (Å²) in [5.41, 5.74) is 12.1. The molecule has 0 bridgehead atoms. The number of hydrogen-bond acceptors (Lipinski definition) is 13. The third-order valence-corrected chi connectivity index (χ3v) is 7.46. The molecule has 16 nitrogen and oxygen atoms in total. The van der Waals surface area contributed by atoms with Gasteiger partial charge in [0, 0.05) is 13.1 Å². The quantitative estimate of drug-likeness (QED) is 0.0713. The number of nitrogens with zero attached hydrogens (tertiary/aromatic N) is 3. The van der Waals surface area contributed by atoms with Gasteiger partial charge in [0.15, 0.2) is 12.0 Å². The van der Waals surface area contributed by atoms with Crippen LogP contribution >= 0.6 is 0 Å². The Balaban J connectivity index is 1.84. The molecule has 1 saturated heterocycles. The number of ether oxygens (including phenoxy) is 1. The molecular weight excluding hydrogens is 564 g/mol. The van der Waals surface area contributed by atoms with Crippen molar-refractivity contribution in [1.82, 2.24) is 30.9 Å². The highest BCUT2D eigenvalue weighted by Gasteiger charge is 2.44. The predicted octanol–water partition coefficient (Wildman–Crippen LogP) is -2.82. The van der Waals surface area contributed by atoms with E-state index in [0.29, 0.717) is 44.5 Å². The molecule has 2 rings (SSSR count). The van der Waals surface area contributed by atoms with Gasteiger partial charge in [0.2, 0.25) is 11.8 Å². The number of nitrogens with two attached hydrogens (primary N) is 2. The summed E-state index contributed by atoms with van der Waals surface area (Å²) in [6.45, 7) is 5.63. The van der Waals surface area contributed by atoms with Gasteiger partial charge in [-0.2, -0.15) is 0 Å². The number of Topliss-reactive ketones (excluding diaryl/α,β-unsaturated/α-hetero) is 1. The van der Waals surface area contributed by atoms with Crippen molar-refractivity contribution >= 4 is 17.6 Å². The molecule has 16 heteroatoms. The molecule has 1 aliphatic rings. The van der Waals surface area contributed by atoms with Crippen molar-refractivity contribution < 1.29 is 39.5 Å². The second-order valence-electron chi connectivity index (χ2n) is 11.4. The molecule has 2 heterocycles. The van der Waals surface area contributed by atoms with E-state index >= 15 is 0 Å². The standard InChI is InChI=1S/C27H50N8O8/c1-15(2)21(16(3)37)32-25(41)18(29)8-5-7-11-30-26(42)19(9-4-6-10-28)31-12-17-13-35(34-33-17)27-24(40)23(39)22(38)20(14-36)43-27/h13,15,18-24,27,31,36,38-40H,4-12,14,28-29H2,1-3H3,(H,30,42)(H,32,41)/t18?,19?,20-,21-,22+,23+,24-,27?/m0/s1. The van der Waals surface area contributed by atoms with Crippen molar-refractivity contribution in [3.8, 4) is 0 Å². The molecule has 1 aliphatic heterocycles. The zero-order chi connectivity index (χ0) is 32.1. The summed E-state index contributed by atoms with van der Waals surface area (Å²) in [5, 5.41) is 56.5. The van der Waals surface area contributed by atoms with Crippen molar-refractivity contribution in [2.45, 2.75) is 115 Å². The zero-order valence-corrected chi connectivity index (χ0v) is 25.3. The summed E-state index contributed by atoms with van der Waals surface area (Å²) in [4.78, 5) is 37.1. The van der Waals surface area contributed by atoms with Gasteiger partial charge in [0.05, 0.1) is 36.6 Å². The number of amides is 2. The SMILES string of the molecule is CC(=O)[C@@H](NC(=O)C(N)CCCCNC(=O)C(CCCCN)NCc1cn(C2O[C@@H](CO)[C@@H](O)[C@@H](O)[C@@H]2O)nn1)C(C)C. The Kier molecular flexibility index (Phi) is 15.6. The lowest BCUT2D eigenvalue weighted by Gasteiger charge is -2.39. The largest absolute Gasteiger partial charge is 0.394 e. The highest BCUT2D eigenvalue weighted by atomic mass is 16.6. The van der Waals surface area contributed by atoms with Gasteiger partial charge >= 0.3 is 0 Å². The van der Waals surface area contributed by atoms with Crippen LogP contribution in [0.25, 0.3) is 0 Å². The number of aliphatic hydroxyl groups is 4. The van der Waals surface area contributed by atoms with Gasteiger partial charge < -0.3 is 52.6 Å². The molecule has 0 aliphatic carbocycles. The first-order chi connectivity index (χ1) is 20.4. The van der Waals surface area contributed by atoms with E-state index in [0.717, 1.165) is 12.8 Å². The van der Waals surface area contributed by atoms with Crippen LogP contribution in [0, 0.1) is 5.92 Å². The molecule has 246 valence electrons. The Hall–Kier alpha value is -2.57. The maximum absolute atomic E-state index is 12.9. The molecule has 43 heavy (non-hydrogen) atoms. The van der Waals surface area contributed by atoms with Gasteiger partial charge in [0.1, 0.15) is 24.4 Å². The van der Waals surface area contributed by atoms with Gasteiger partial charge in [-0.05, 0) is 51.5 Å². The number of aliphatic hydroxyl groups excluding tert-OH is 4. The van der Waals surface area contributed by atoms with Crippen LogP contribution in [0.3, 0.4) is 0 Å². The van der Waals surface area contributed by atoms with Crippen molar-refractivity contribution in [2.75, 3.05) is 19.7 Å². The van der Waals surface area contributed by atoms with Crippen LogP contribution < -0.4 is 27.4 Å². The molecular formula is C27H50N8O8. The van der Waals surface area contributed by atoms with Crippen molar-refractivity contribution in [3.05, 3.63) is 11.9 Å². The third kappa shape index (κ3) is 11.1. The van der Waals surface area contributed by atoms with Gasteiger partial charge in [-0.1, -0.05) is 25.5 Å². The molecule has 0 spiro atoms. The molecule has 0 radical (unpaired) electrons. The summed E-state index contributed by atoms with van der Waals surface area (Å²) in [5.74, 6) is -0.733. The summed E-state index contributed by atoms with van der Waals surface area (Å²) in [7, 11) is 0. The highest BCUT2D eigenvalue weighted by molar-refractivity contribution is 5.89. The van der Waals surface area contributed by atoms with Crippen LogP contribution in [0.4, 0.5) is 0 Å². The number of nitrogens with one attached hydrogen (secondary N) is 3. The van der Waals surface area contributed by atoms with Crippen molar-refractivity contribution in [3.63, 3.8) is 0 Å². The van der Waals surface area contributed by atoms with E-state index in [1.807, 2.05) is 13.8 Å². The second kappa shape index (κ2) is 18.3. The van der Waals surface area contributed by atoms with Gasteiger partial charge in [-0.25, -0.2) is 4.68 Å². The molecule has 0 aromatic carbocycles. The molecule has 1 fully saturated rings. The fourth-order valence-electron chi connectivity index (χ4n) is 4.82. The maximum Gasteiger partial charge on any atom is 0.237 e. The minimum absolute atomic E-state index is 0.0373. The smallest absolute Gasteiger partial charge is 0.237 e. The molecule has 1 aromatic rings. The van der Waals surface area contributed by atoms with Gasteiger partial charge in [0.25, 0.3) is 0 Å². The minimum Gasteiger partial charge on any atom is -0.394 e. The average molecular weight is 615 g/mol. The molecule has 8 atom stereocenters. The number of ketones is 1. The van der Waals surface area contributed by atoms with Crippen LogP contribution in [0.15, 0.2) is 6.20 Å². The van der Waals surface area contributed by atoms with E-state index in [9.17, 15) is 34.8 Å². The first-order valence-corrected chi connectivity index (χ1v) is 14.9. The molecule has 0 saturated carbocycles. The Morgan fingerprint density at radius 2 is 1.74 bits per heavy atom. The number of hydrogen-bond donors (Lipinski definition) is 9. The van der Waals surface area contributed by atoms with E-state index in [2.05, 4.69) is 26.3 Å². The predicted molar refractivity (Wildman–Crippen MR) is 155 cm³/mol. The lowest BCUT2D eigenvalue weighted by Crippen LogP contribution is -2.56. The average Bonchev–Trinajstić information content (AvgIpc) is 3.44. The van der Waals surface area contributed by atoms with E-state index in [1.54, 1.807) is 0 Å². The number of carbonyl (C=O) groups is 3. The van der Waals surface area contributed by atoms with E-state index in [1.165, 1.54) is 17.8 Å². The maximum atomic E-state index is 12.9. The van der Waals surface area contributed by atoms with Crippen molar-refractivity contribution in [1.29, 1.82) is 0 Å². The van der Waals surface area contributed by atoms with Crippen LogP contribution in [0.5, 0.6) is 0 Å². The normalized spacial score (nSPS) is 24.4. The lowest BCUT2D eigenvalue weighted by molar-refractivity contribution is -0.254. The lowest BCUT2D eigenvalue weighted by atomic mass is 9.98. The van der Waals surface area contributed by atoms with Crippen LogP contribution in [-0.2, 0) is 25.7 Å². The van der Waals surface area contributed by atoms with Gasteiger partial charge in [-0.15, -0.1) is 5.10 Å². The summed E-state index contributed by atoms with van der Waals surface area (Å²) in [6, 6.07) is -1.87. The molecule has 11 N–H and O–H groups in total. The summed E-state index contributed by atoms with van der Waals surface area (Å²) < 4.78 is 6.69. The molecule has 3 unspecified atom stereocenters. The Bertz CT molecular complexity index is 1010. The second-order valence-corrected chi connectivity index (χ2v) is 11.4. The highest BCUT2D eigenvalue weighted by Crippen LogP contribution is 2.27. The van der Waals surface area contributed by atoms with Crippen molar-refractivity contribution in [2.24, 2.45) is 17.4 Å². The van der Waals surface area contributed by atoms with E-state index in [4.69, 9.17) is 16.2 Å². The van der Waals surface area contributed by atoms with E-state index in [-0.39, 0.29) is 30.1 Å². The fraction of sp³-hybridized carbons (Fsp3) is 0.815. The first-order valence-electron chi connectivity index (χ1n) is 14.9. The number of unbranched alkanes of at least 4 members (excludes halogenated alkanes) is 2. The monoisotopic (exact) mass is 614 g/mol. The van der Waals surface area contributed by atoms with Gasteiger partial charge in [-0.3, -0.25) is 14.4 Å². The van der Waals surface area contributed by atoms with Crippen LogP contribution in [0.2, 0.25) is 0 Å². The van der Waals surface area contributed by atoms with E-state index < -0.39 is 55.4 Å². The first kappa shape index (κ1) is 36.6. The Morgan fingerprint density at radius 3 is 2.37 bits per heavy atom. The summed E-state index contributed by atoms with van der Waals surface area (Å²) in [6.07, 6.45) is -1.69. The number of aromatic nitrogens is 3. The van der Waals surface area contributed by atoms with Crippen LogP contribution in [0.1, 0.15) is 71.2 Å². The Labute approximate surface area is 251 Å². The molecule has 2 amide bonds. The zero-order valence-electron chi connectivity index (χ0n) is 25.3. The topological polar surface area (TPSA) is 260 Å². The number of carbonyl (C=O) groups excluding carboxylic acids is 3. The third-order valence-electron chi connectivity index (χ3n) is 7.46. The summed E-state index contributed by atoms with van der Waals surface area (Å²) >= 11 is 0.